The van der Waals surface area contributed by atoms with Gasteiger partial charge in [-0.05, 0) is 54.1 Å². The Balaban J connectivity index is 1.87. The van der Waals surface area contributed by atoms with Crippen LogP contribution in [0.2, 0.25) is 10.0 Å². The van der Waals surface area contributed by atoms with E-state index in [1.54, 1.807) is 6.07 Å². The van der Waals surface area contributed by atoms with Crippen LogP contribution in [0.5, 0.6) is 0 Å². The number of guanidine groups is 1. The Kier molecular flexibility index (Phi) is 8.41. The largest absolute Gasteiger partial charge is 0.481 e. The maximum absolute atomic E-state index is 12.9. The first-order valence-electron chi connectivity index (χ1n) is 10.2. The fourth-order valence-electron chi connectivity index (χ4n) is 3.21. The van der Waals surface area contributed by atoms with E-state index in [4.69, 9.17) is 34.7 Å². The number of carboxylic acid groups (broad SMARTS) is 1. The molecule has 7 N–H and O–H groups in total. The summed E-state index contributed by atoms with van der Waals surface area (Å²) in [5, 5.41) is 12.4. The molecule has 0 spiro atoms. The fourth-order valence-corrected chi connectivity index (χ4v) is 4.59. The summed E-state index contributed by atoms with van der Waals surface area (Å²) in [5.41, 5.74) is 11.6. The molecule has 0 aliphatic rings. The van der Waals surface area contributed by atoms with Gasteiger partial charge in [-0.25, -0.2) is 13.4 Å². The van der Waals surface area contributed by atoms with Crippen LogP contribution in [-0.2, 0) is 14.8 Å². The van der Waals surface area contributed by atoms with E-state index in [2.05, 4.69) is 15.0 Å². The van der Waals surface area contributed by atoms with Crippen LogP contribution in [0.3, 0.4) is 0 Å². The summed E-state index contributed by atoms with van der Waals surface area (Å²) in [7, 11) is -4.04. The molecule has 3 aromatic carbocycles. The Morgan fingerprint density at radius 3 is 2.36 bits per heavy atom. The van der Waals surface area contributed by atoms with Crippen LogP contribution in [0, 0.1) is 0 Å². The molecule has 3 aromatic rings. The van der Waals surface area contributed by atoms with E-state index in [1.807, 2.05) is 0 Å². The van der Waals surface area contributed by atoms with Crippen molar-refractivity contribution < 1.29 is 23.1 Å². The van der Waals surface area contributed by atoms with Crippen molar-refractivity contribution in [3.63, 3.8) is 0 Å². The molecule has 0 fully saturated rings. The highest BCUT2D eigenvalue weighted by Gasteiger charge is 2.21. The van der Waals surface area contributed by atoms with Crippen LogP contribution in [0.1, 0.15) is 28.4 Å². The van der Waals surface area contributed by atoms with Crippen molar-refractivity contribution in [1.82, 2.24) is 5.32 Å². The Labute approximate surface area is 217 Å². The minimum atomic E-state index is -4.04. The van der Waals surface area contributed by atoms with E-state index < -0.39 is 34.4 Å². The predicted octanol–water partition coefficient (Wildman–Crippen LogP) is 3.64. The van der Waals surface area contributed by atoms with Gasteiger partial charge in [-0.2, -0.15) is 0 Å². The minimum Gasteiger partial charge on any atom is -0.481 e. The minimum absolute atomic E-state index is 0.0922. The maximum Gasteiger partial charge on any atom is 0.305 e. The zero-order valence-corrected chi connectivity index (χ0v) is 20.8. The van der Waals surface area contributed by atoms with E-state index in [9.17, 15) is 23.1 Å². The summed E-state index contributed by atoms with van der Waals surface area (Å²) < 4.78 is 28.3. The quantitative estimate of drug-likeness (QED) is 0.199. The molecular formula is C23H21Cl2N5O5S. The second kappa shape index (κ2) is 11.3. The molecule has 1 amide bonds. The monoisotopic (exact) mass is 549 g/mol. The number of halogens is 2. The summed E-state index contributed by atoms with van der Waals surface area (Å²) in [6.45, 7) is 0. The molecule has 36 heavy (non-hydrogen) atoms. The Bertz CT molecular complexity index is 1440. The fraction of sp³-hybridized carbons (Fsp3) is 0.0870. The molecule has 0 aromatic heterocycles. The van der Waals surface area contributed by atoms with Gasteiger partial charge in [-0.1, -0.05) is 41.4 Å². The van der Waals surface area contributed by atoms with E-state index in [-0.39, 0.29) is 37.8 Å². The first kappa shape index (κ1) is 26.8. The lowest BCUT2D eigenvalue weighted by atomic mass is 10.0. The van der Waals surface area contributed by atoms with Crippen molar-refractivity contribution in [1.29, 1.82) is 0 Å². The van der Waals surface area contributed by atoms with Crippen LogP contribution in [-0.4, -0.2) is 31.4 Å². The third-order valence-corrected chi connectivity index (χ3v) is 6.91. The molecule has 1 unspecified atom stereocenters. The van der Waals surface area contributed by atoms with Crippen molar-refractivity contribution in [3.05, 3.63) is 87.9 Å². The predicted molar refractivity (Wildman–Crippen MR) is 138 cm³/mol. The first-order chi connectivity index (χ1) is 16.9. The van der Waals surface area contributed by atoms with Crippen LogP contribution < -0.4 is 21.5 Å². The number of carbonyl (C=O) groups excluding carboxylic acids is 1. The van der Waals surface area contributed by atoms with E-state index in [0.29, 0.717) is 5.56 Å². The van der Waals surface area contributed by atoms with E-state index >= 15 is 0 Å². The van der Waals surface area contributed by atoms with Gasteiger partial charge in [0.15, 0.2) is 5.96 Å². The van der Waals surface area contributed by atoms with Gasteiger partial charge >= 0.3 is 5.97 Å². The van der Waals surface area contributed by atoms with Crippen molar-refractivity contribution in [2.75, 3.05) is 4.72 Å². The second-order valence-corrected chi connectivity index (χ2v) is 10.0. The maximum atomic E-state index is 12.9. The number of nitrogens with one attached hydrogen (secondary N) is 2. The lowest BCUT2D eigenvalue weighted by molar-refractivity contribution is -0.137. The number of hydrogen-bond donors (Lipinski definition) is 5. The van der Waals surface area contributed by atoms with Gasteiger partial charge in [0.05, 0.1) is 33.1 Å². The van der Waals surface area contributed by atoms with Crippen LogP contribution in [0.4, 0.5) is 11.4 Å². The number of anilines is 1. The number of amides is 1. The highest BCUT2D eigenvalue weighted by Crippen LogP contribution is 2.26. The number of aliphatic imine (C=N–C) groups is 1. The van der Waals surface area contributed by atoms with Gasteiger partial charge in [0, 0.05) is 11.3 Å². The van der Waals surface area contributed by atoms with Gasteiger partial charge in [-0.3, -0.25) is 14.3 Å². The molecule has 13 heteroatoms. The smallest absolute Gasteiger partial charge is 0.305 e. The zero-order valence-electron chi connectivity index (χ0n) is 18.5. The van der Waals surface area contributed by atoms with Gasteiger partial charge in [-0.15, -0.1) is 0 Å². The SMILES string of the molecule is NC(N)=Nc1cccc(S(=O)(=O)Nc2cccc(C(CC(=O)O)NC(=O)c3ccc(Cl)c(Cl)c3)c2)c1. The molecule has 0 aliphatic carbocycles. The summed E-state index contributed by atoms with van der Waals surface area (Å²) in [6.07, 6.45) is -0.455. The van der Waals surface area contributed by atoms with Crippen LogP contribution in [0.25, 0.3) is 0 Å². The Hall–Kier alpha value is -3.80. The van der Waals surface area contributed by atoms with Crippen molar-refractivity contribution in [3.8, 4) is 0 Å². The van der Waals surface area contributed by atoms with Gasteiger partial charge in [0.2, 0.25) is 0 Å². The van der Waals surface area contributed by atoms with E-state index in [0.717, 1.165) is 0 Å². The molecular weight excluding hydrogens is 529 g/mol. The molecule has 188 valence electrons. The third kappa shape index (κ3) is 7.11. The Morgan fingerprint density at radius 2 is 1.69 bits per heavy atom. The number of aliphatic carboxylic acids is 1. The average molecular weight is 550 g/mol. The topological polar surface area (TPSA) is 177 Å². The number of hydrogen-bond acceptors (Lipinski definition) is 5. The number of rotatable bonds is 9. The normalized spacial score (nSPS) is 11.8. The molecule has 3 rings (SSSR count). The first-order valence-corrected chi connectivity index (χ1v) is 12.5. The summed E-state index contributed by atoms with van der Waals surface area (Å²) >= 11 is 11.9. The molecule has 1 atom stereocenters. The van der Waals surface area contributed by atoms with Gasteiger partial charge in [0.1, 0.15) is 0 Å². The standard InChI is InChI=1S/C23H21Cl2N5O5S/c24-18-8-7-14(10-19(18)25)22(33)29-20(12-21(31)32)13-3-1-5-16(9-13)30-36(34,35)17-6-2-4-15(11-17)28-23(26)27/h1-11,20,30H,12H2,(H,29,33)(H,31,32)(H4,26,27,28). The number of carboxylic acids is 1. The molecule has 0 radical (unpaired) electrons. The summed E-state index contributed by atoms with van der Waals surface area (Å²) in [6, 6.07) is 15.0. The number of carbonyl (C=O) groups is 2. The molecule has 0 bridgehead atoms. The summed E-state index contributed by atoms with van der Waals surface area (Å²) in [4.78, 5) is 28.0. The van der Waals surface area contributed by atoms with Crippen LogP contribution >= 0.6 is 23.2 Å². The van der Waals surface area contributed by atoms with Crippen LogP contribution in [0.15, 0.2) is 76.6 Å². The van der Waals surface area contributed by atoms with Gasteiger partial charge in [0.25, 0.3) is 15.9 Å². The lowest BCUT2D eigenvalue weighted by Crippen LogP contribution is -2.30. The summed E-state index contributed by atoms with van der Waals surface area (Å²) in [5.74, 6) is -1.98. The van der Waals surface area contributed by atoms with Gasteiger partial charge < -0.3 is 21.9 Å². The molecule has 0 aliphatic heterocycles. The molecule has 0 saturated heterocycles. The number of nitrogens with two attached hydrogens (primary N) is 2. The van der Waals surface area contributed by atoms with Crippen molar-refractivity contribution in [2.24, 2.45) is 16.5 Å². The zero-order chi connectivity index (χ0) is 26.5. The van der Waals surface area contributed by atoms with Crippen molar-refractivity contribution >= 4 is 62.4 Å². The molecule has 0 saturated carbocycles. The number of nitrogens with zero attached hydrogens (tertiary/aromatic N) is 1. The van der Waals surface area contributed by atoms with E-state index in [1.165, 1.54) is 60.7 Å². The second-order valence-electron chi connectivity index (χ2n) is 7.52. The highest BCUT2D eigenvalue weighted by atomic mass is 35.5. The average Bonchev–Trinajstić information content (AvgIpc) is 2.79. The number of benzene rings is 3. The lowest BCUT2D eigenvalue weighted by Gasteiger charge is -2.19. The third-order valence-electron chi connectivity index (χ3n) is 4.79. The van der Waals surface area contributed by atoms with Crippen molar-refractivity contribution in [2.45, 2.75) is 17.4 Å². The molecule has 0 heterocycles. The Morgan fingerprint density at radius 1 is 0.972 bits per heavy atom. The number of sulfonamides is 1. The molecule has 10 nitrogen and oxygen atoms in total. The highest BCUT2D eigenvalue weighted by molar-refractivity contribution is 7.92.